The van der Waals surface area contributed by atoms with Crippen LogP contribution < -0.4 is 15.2 Å². The number of nitrogens with zero attached hydrogens (tertiary/aromatic N) is 2. The van der Waals surface area contributed by atoms with E-state index in [1.807, 2.05) is 6.92 Å². The third kappa shape index (κ3) is 2.49. The van der Waals surface area contributed by atoms with Gasteiger partial charge in [0, 0.05) is 5.56 Å². The Balaban J connectivity index is 2.48. The van der Waals surface area contributed by atoms with E-state index in [4.69, 9.17) is 15.2 Å². The number of rotatable bonds is 5. The van der Waals surface area contributed by atoms with Crippen molar-refractivity contribution in [3.8, 4) is 22.8 Å². The molecule has 0 aliphatic rings. The van der Waals surface area contributed by atoms with Crippen molar-refractivity contribution < 1.29 is 14.3 Å². The van der Waals surface area contributed by atoms with Crippen molar-refractivity contribution in [3.05, 3.63) is 23.9 Å². The predicted octanol–water partition coefficient (Wildman–Crippen LogP) is 0.978. The molecule has 0 bridgehead atoms. The van der Waals surface area contributed by atoms with Crippen LogP contribution in [0.3, 0.4) is 0 Å². The number of carbonyl (C=O) groups is 1. The molecule has 100 valence electrons. The van der Waals surface area contributed by atoms with E-state index in [0.29, 0.717) is 29.4 Å². The van der Waals surface area contributed by atoms with E-state index in [1.165, 1.54) is 0 Å². The van der Waals surface area contributed by atoms with Gasteiger partial charge in [-0.3, -0.25) is 4.79 Å². The zero-order valence-corrected chi connectivity index (χ0v) is 10.6. The number of aromatic amines is 1. The highest BCUT2D eigenvalue weighted by Gasteiger charge is 2.16. The summed E-state index contributed by atoms with van der Waals surface area (Å²) in [5, 5.41) is 10.0. The summed E-state index contributed by atoms with van der Waals surface area (Å²) >= 11 is 0. The minimum Gasteiger partial charge on any atom is -0.493 e. The Morgan fingerprint density at radius 1 is 1.37 bits per heavy atom. The molecule has 0 saturated carbocycles. The second-order valence-corrected chi connectivity index (χ2v) is 3.68. The van der Waals surface area contributed by atoms with Crippen molar-refractivity contribution in [3.63, 3.8) is 0 Å². The van der Waals surface area contributed by atoms with Gasteiger partial charge in [0.05, 0.1) is 13.7 Å². The molecule has 7 heteroatoms. The molecule has 1 aromatic carbocycles. The quantitative estimate of drug-likeness (QED) is 0.835. The van der Waals surface area contributed by atoms with Crippen LogP contribution in [0.2, 0.25) is 0 Å². The number of primary amides is 1. The molecule has 0 aliphatic carbocycles. The van der Waals surface area contributed by atoms with Crippen molar-refractivity contribution in [2.45, 2.75) is 6.92 Å². The van der Waals surface area contributed by atoms with E-state index >= 15 is 0 Å². The standard InChI is InChI=1S/C12H14N4O3/c1-3-19-9-6-7(4-5-8(9)18-2)10-11(12(13)17)15-16-14-10/h4-6H,3H2,1-2H3,(H2,13,17)(H,14,15,16). The average molecular weight is 262 g/mol. The number of hydrogen-bond donors (Lipinski definition) is 2. The van der Waals surface area contributed by atoms with Crippen LogP contribution in [0.25, 0.3) is 11.3 Å². The van der Waals surface area contributed by atoms with Gasteiger partial charge < -0.3 is 15.2 Å². The highest BCUT2D eigenvalue weighted by Crippen LogP contribution is 2.32. The first kappa shape index (κ1) is 12.9. The minimum atomic E-state index is -0.641. The number of nitrogens with two attached hydrogens (primary N) is 1. The van der Waals surface area contributed by atoms with E-state index in [1.54, 1.807) is 25.3 Å². The SMILES string of the molecule is CCOc1cc(-c2n[nH]nc2C(N)=O)ccc1OC. The fourth-order valence-corrected chi connectivity index (χ4v) is 1.70. The second-order valence-electron chi connectivity index (χ2n) is 3.68. The van der Waals surface area contributed by atoms with Crippen molar-refractivity contribution in [1.29, 1.82) is 0 Å². The van der Waals surface area contributed by atoms with Crippen LogP contribution in [0, 0.1) is 0 Å². The Morgan fingerprint density at radius 3 is 2.79 bits per heavy atom. The number of nitrogens with one attached hydrogen (secondary N) is 1. The van der Waals surface area contributed by atoms with Crippen LogP contribution in [-0.2, 0) is 0 Å². The van der Waals surface area contributed by atoms with Crippen LogP contribution in [0.4, 0.5) is 0 Å². The molecule has 1 aromatic heterocycles. The van der Waals surface area contributed by atoms with Gasteiger partial charge in [-0.15, -0.1) is 0 Å². The summed E-state index contributed by atoms with van der Waals surface area (Å²) in [4.78, 5) is 11.2. The summed E-state index contributed by atoms with van der Waals surface area (Å²) in [5.74, 6) is 0.535. The molecule has 1 amide bonds. The van der Waals surface area contributed by atoms with Gasteiger partial charge in [-0.1, -0.05) is 0 Å². The minimum absolute atomic E-state index is 0.0904. The molecule has 0 fully saturated rings. The van der Waals surface area contributed by atoms with E-state index in [0.717, 1.165) is 0 Å². The van der Waals surface area contributed by atoms with Gasteiger partial charge in [0.2, 0.25) is 0 Å². The smallest absolute Gasteiger partial charge is 0.271 e. The first-order valence-electron chi connectivity index (χ1n) is 5.69. The maximum absolute atomic E-state index is 11.2. The van der Waals surface area contributed by atoms with Gasteiger partial charge in [0.15, 0.2) is 17.2 Å². The number of ether oxygens (including phenoxy) is 2. The van der Waals surface area contributed by atoms with Crippen LogP contribution in [0.1, 0.15) is 17.4 Å². The first-order valence-corrected chi connectivity index (χ1v) is 5.69. The van der Waals surface area contributed by atoms with Crippen LogP contribution in [0.5, 0.6) is 11.5 Å². The zero-order valence-electron chi connectivity index (χ0n) is 10.6. The average Bonchev–Trinajstić information content (AvgIpc) is 2.88. The first-order chi connectivity index (χ1) is 9.17. The third-order valence-electron chi connectivity index (χ3n) is 2.52. The summed E-state index contributed by atoms with van der Waals surface area (Å²) in [6.07, 6.45) is 0. The van der Waals surface area contributed by atoms with Gasteiger partial charge in [-0.05, 0) is 25.1 Å². The molecule has 0 aliphatic heterocycles. The van der Waals surface area contributed by atoms with Gasteiger partial charge in [0.25, 0.3) is 5.91 Å². The number of carbonyl (C=O) groups excluding carboxylic acids is 1. The van der Waals surface area contributed by atoms with Crippen LogP contribution in [-0.4, -0.2) is 35.0 Å². The van der Waals surface area contributed by atoms with Gasteiger partial charge in [0.1, 0.15) is 5.69 Å². The number of aromatic nitrogens is 3. The molecule has 0 atom stereocenters. The lowest BCUT2D eigenvalue weighted by molar-refractivity contribution is 0.0996. The number of H-pyrrole nitrogens is 1. The summed E-state index contributed by atoms with van der Waals surface area (Å²) in [7, 11) is 1.56. The summed E-state index contributed by atoms with van der Waals surface area (Å²) in [5.41, 5.74) is 6.38. The van der Waals surface area contributed by atoms with E-state index < -0.39 is 5.91 Å². The topological polar surface area (TPSA) is 103 Å². The molecule has 0 radical (unpaired) electrons. The fraction of sp³-hybridized carbons (Fsp3) is 0.250. The van der Waals surface area contributed by atoms with Crippen molar-refractivity contribution in [2.75, 3.05) is 13.7 Å². The van der Waals surface area contributed by atoms with E-state index in [-0.39, 0.29) is 5.69 Å². The Kier molecular flexibility index (Phi) is 3.65. The molecule has 19 heavy (non-hydrogen) atoms. The molecule has 0 spiro atoms. The van der Waals surface area contributed by atoms with E-state index in [9.17, 15) is 4.79 Å². The lowest BCUT2D eigenvalue weighted by atomic mass is 10.1. The Bertz CT molecular complexity index is 594. The van der Waals surface area contributed by atoms with Crippen LogP contribution in [0.15, 0.2) is 18.2 Å². The maximum atomic E-state index is 11.2. The molecule has 0 unspecified atom stereocenters. The highest BCUT2D eigenvalue weighted by molar-refractivity contribution is 5.96. The van der Waals surface area contributed by atoms with E-state index in [2.05, 4.69) is 15.4 Å². The highest BCUT2D eigenvalue weighted by atomic mass is 16.5. The van der Waals surface area contributed by atoms with Gasteiger partial charge in [-0.2, -0.15) is 15.4 Å². The molecule has 2 aromatic rings. The Labute approximate surface area is 109 Å². The summed E-state index contributed by atoms with van der Waals surface area (Å²) < 4.78 is 10.7. The monoisotopic (exact) mass is 262 g/mol. The summed E-state index contributed by atoms with van der Waals surface area (Å²) in [6.45, 7) is 2.37. The summed E-state index contributed by atoms with van der Waals surface area (Å²) in [6, 6.07) is 5.22. The molecular formula is C12H14N4O3. The van der Waals surface area contributed by atoms with Crippen molar-refractivity contribution >= 4 is 5.91 Å². The van der Waals surface area contributed by atoms with Crippen LogP contribution >= 0.6 is 0 Å². The lowest BCUT2D eigenvalue weighted by Crippen LogP contribution is -2.12. The number of benzene rings is 1. The molecule has 0 saturated heterocycles. The van der Waals surface area contributed by atoms with Crippen molar-refractivity contribution in [1.82, 2.24) is 15.4 Å². The molecule has 7 nitrogen and oxygen atoms in total. The number of methoxy groups -OCH3 is 1. The molecule has 2 rings (SSSR count). The molecular weight excluding hydrogens is 248 g/mol. The normalized spacial score (nSPS) is 10.2. The Hall–Kier alpha value is -2.57. The zero-order chi connectivity index (χ0) is 13.8. The predicted molar refractivity (Wildman–Crippen MR) is 68.1 cm³/mol. The lowest BCUT2D eigenvalue weighted by Gasteiger charge is -2.10. The third-order valence-corrected chi connectivity index (χ3v) is 2.52. The number of amides is 1. The number of hydrogen-bond acceptors (Lipinski definition) is 5. The largest absolute Gasteiger partial charge is 0.493 e. The van der Waals surface area contributed by atoms with Gasteiger partial charge >= 0.3 is 0 Å². The van der Waals surface area contributed by atoms with Crippen molar-refractivity contribution in [2.24, 2.45) is 5.73 Å². The molecule has 1 heterocycles. The second kappa shape index (κ2) is 5.38. The fourth-order valence-electron chi connectivity index (χ4n) is 1.70. The Morgan fingerprint density at radius 2 is 2.16 bits per heavy atom. The van der Waals surface area contributed by atoms with Gasteiger partial charge in [-0.25, -0.2) is 0 Å². The maximum Gasteiger partial charge on any atom is 0.271 e. The molecule has 3 N–H and O–H groups in total.